The van der Waals surface area contributed by atoms with E-state index in [2.05, 4.69) is 0 Å². The van der Waals surface area contributed by atoms with Gasteiger partial charge in [0.1, 0.15) is 0 Å². The Kier molecular flexibility index (Phi) is 13.1. The SMILES string of the molecule is O=C(O)C(CCCCCCCCCCCCCO)C(=O)O. The summed E-state index contributed by atoms with van der Waals surface area (Å²) in [5.74, 6) is -3.71. The topological polar surface area (TPSA) is 94.8 Å². The van der Waals surface area contributed by atoms with Gasteiger partial charge >= 0.3 is 11.9 Å². The predicted octanol–water partition coefficient (Wildman–Crippen LogP) is 3.45. The van der Waals surface area contributed by atoms with E-state index in [-0.39, 0.29) is 6.42 Å². The van der Waals surface area contributed by atoms with E-state index >= 15 is 0 Å². The van der Waals surface area contributed by atoms with Crippen LogP contribution in [0.3, 0.4) is 0 Å². The number of hydrogen-bond donors (Lipinski definition) is 3. The molecule has 0 aliphatic heterocycles. The van der Waals surface area contributed by atoms with Gasteiger partial charge < -0.3 is 15.3 Å². The molecular weight excluding hydrogens is 272 g/mol. The number of rotatable bonds is 15. The predicted molar refractivity (Wildman–Crippen MR) is 81.3 cm³/mol. The van der Waals surface area contributed by atoms with Crippen molar-refractivity contribution < 1.29 is 24.9 Å². The molecule has 124 valence electrons. The van der Waals surface area contributed by atoms with Crippen LogP contribution in [0.15, 0.2) is 0 Å². The third-order valence-corrected chi connectivity index (χ3v) is 3.75. The Morgan fingerprint density at radius 2 is 0.952 bits per heavy atom. The molecule has 0 aromatic heterocycles. The number of carbonyl (C=O) groups is 2. The molecular formula is C16H30O5. The van der Waals surface area contributed by atoms with Gasteiger partial charge in [0.05, 0.1) is 0 Å². The molecule has 0 bridgehead atoms. The van der Waals surface area contributed by atoms with Crippen molar-refractivity contribution in [2.45, 2.75) is 77.0 Å². The summed E-state index contributed by atoms with van der Waals surface area (Å²) in [6, 6.07) is 0. The minimum absolute atomic E-state index is 0.232. The van der Waals surface area contributed by atoms with Gasteiger partial charge in [-0.05, 0) is 12.8 Å². The lowest BCUT2D eigenvalue weighted by Gasteiger charge is -2.06. The molecule has 0 saturated heterocycles. The van der Waals surface area contributed by atoms with Crippen molar-refractivity contribution in [2.24, 2.45) is 5.92 Å². The molecule has 0 heterocycles. The number of aliphatic hydroxyl groups excluding tert-OH is 1. The molecule has 0 unspecified atom stereocenters. The molecule has 0 aromatic carbocycles. The van der Waals surface area contributed by atoms with E-state index in [0.29, 0.717) is 13.0 Å². The number of unbranched alkanes of at least 4 members (excludes halogenated alkanes) is 10. The van der Waals surface area contributed by atoms with E-state index in [4.69, 9.17) is 15.3 Å². The third kappa shape index (κ3) is 12.4. The van der Waals surface area contributed by atoms with Crippen molar-refractivity contribution in [3.05, 3.63) is 0 Å². The summed E-state index contributed by atoms with van der Waals surface area (Å²) < 4.78 is 0. The first-order valence-corrected chi connectivity index (χ1v) is 8.16. The molecule has 5 heteroatoms. The van der Waals surface area contributed by atoms with E-state index in [1.165, 1.54) is 32.1 Å². The van der Waals surface area contributed by atoms with Crippen LogP contribution in [0.25, 0.3) is 0 Å². The van der Waals surface area contributed by atoms with Crippen molar-refractivity contribution in [2.75, 3.05) is 6.61 Å². The number of aliphatic carboxylic acids is 2. The maximum absolute atomic E-state index is 10.7. The summed E-state index contributed by atoms with van der Waals surface area (Å²) in [7, 11) is 0. The number of aliphatic hydroxyl groups is 1. The fourth-order valence-corrected chi connectivity index (χ4v) is 2.40. The van der Waals surface area contributed by atoms with Crippen LogP contribution >= 0.6 is 0 Å². The number of carboxylic acid groups (broad SMARTS) is 2. The second kappa shape index (κ2) is 13.9. The lowest BCUT2D eigenvalue weighted by Crippen LogP contribution is -2.23. The maximum atomic E-state index is 10.7. The Morgan fingerprint density at radius 1 is 0.619 bits per heavy atom. The first-order chi connectivity index (χ1) is 10.1. The zero-order valence-electron chi connectivity index (χ0n) is 12.9. The largest absolute Gasteiger partial charge is 0.481 e. The Balaban J connectivity index is 3.29. The highest BCUT2D eigenvalue weighted by Crippen LogP contribution is 2.14. The summed E-state index contributed by atoms with van der Waals surface area (Å²) in [5, 5.41) is 26.1. The Morgan fingerprint density at radius 3 is 1.29 bits per heavy atom. The Hall–Kier alpha value is -1.10. The van der Waals surface area contributed by atoms with Gasteiger partial charge in [-0.25, -0.2) is 0 Å². The summed E-state index contributed by atoms with van der Waals surface area (Å²) >= 11 is 0. The number of carboxylic acids is 2. The van der Waals surface area contributed by atoms with Gasteiger partial charge in [-0.3, -0.25) is 9.59 Å². The summed E-state index contributed by atoms with van der Waals surface area (Å²) in [5.41, 5.74) is 0. The second-order valence-electron chi connectivity index (χ2n) is 5.63. The molecule has 0 aromatic rings. The van der Waals surface area contributed by atoms with Crippen molar-refractivity contribution in [3.8, 4) is 0 Å². The van der Waals surface area contributed by atoms with Crippen molar-refractivity contribution >= 4 is 11.9 Å². The van der Waals surface area contributed by atoms with Crippen LogP contribution in [0.4, 0.5) is 0 Å². The van der Waals surface area contributed by atoms with E-state index in [1.54, 1.807) is 0 Å². The van der Waals surface area contributed by atoms with Crippen LogP contribution < -0.4 is 0 Å². The molecule has 0 amide bonds. The van der Waals surface area contributed by atoms with E-state index in [0.717, 1.165) is 32.1 Å². The van der Waals surface area contributed by atoms with Crippen LogP contribution in [-0.4, -0.2) is 33.9 Å². The molecule has 0 aliphatic rings. The summed E-state index contributed by atoms with van der Waals surface area (Å²) in [6.07, 6.45) is 12.1. The second-order valence-corrected chi connectivity index (χ2v) is 5.63. The minimum atomic E-state index is -1.25. The highest BCUT2D eigenvalue weighted by atomic mass is 16.4. The molecule has 0 spiro atoms. The average Bonchev–Trinajstić information content (AvgIpc) is 2.43. The van der Waals surface area contributed by atoms with Gasteiger partial charge in [-0.1, -0.05) is 64.2 Å². The van der Waals surface area contributed by atoms with Gasteiger partial charge in [0, 0.05) is 6.61 Å². The van der Waals surface area contributed by atoms with Crippen molar-refractivity contribution in [1.82, 2.24) is 0 Å². The molecule has 21 heavy (non-hydrogen) atoms. The lowest BCUT2D eigenvalue weighted by molar-refractivity contribution is -0.154. The standard InChI is InChI=1S/C16H30O5/c17-13-11-9-7-5-3-1-2-4-6-8-10-12-14(15(18)19)16(20)21/h14,17H,1-13H2,(H,18,19)(H,20,21). The zero-order valence-corrected chi connectivity index (χ0v) is 12.9. The van der Waals surface area contributed by atoms with Crippen LogP contribution in [0.2, 0.25) is 0 Å². The molecule has 0 saturated carbocycles. The van der Waals surface area contributed by atoms with E-state index in [9.17, 15) is 9.59 Å². The molecule has 0 radical (unpaired) electrons. The van der Waals surface area contributed by atoms with Crippen molar-refractivity contribution in [3.63, 3.8) is 0 Å². The summed E-state index contributed by atoms with van der Waals surface area (Å²) in [4.78, 5) is 21.4. The highest BCUT2D eigenvalue weighted by molar-refractivity contribution is 5.92. The van der Waals surface area contributed by atoms with Crippen LogP contribution in [0, 0.1) is 5.92 Å². The van der Waals surface area contributed by atoms with E-state index < -0.39 is 17.9 Å². The van der Waals surface area contributed by atoms with Crippen LogP contribution in [0.1, 0.15) is 77.0 Å². The minimum Gasteiger partial charge on any atom is -0.481 e. The normalized spacial score (nSPS) is 11.0. The Labute approximate surface area is 127 Å². The third-order valence-electron chi connectivity index (χ3n) is 3.75. The van der Waals surface area contributed by atoms with Gasteiger partial charge in [-0.15, -0.1) is 0 Å². The monoisotopic (exact) mass is 302 g/mol. The smallest absolute Gasteiger partial charge is 0.317 e. The molecule has 0 rings (SSSR count). The van der Waals surface area contributed by atoms with Gasteiger partial charge in [0.15, 0.2) is 5.92 Å². The zero-order chi connectivity index (χ0) is 15.9. The van der Waals surface area contributed by atoms with Crippen molar-refractivity contribution in [1.29, 1.82) is 0 Å². The maximum Gasteiger partial charge on any atom is 0.317 e. The highest BCUT2D eigenvalue weighted by Gasteiger charge is 2.24. The average molecular weight is 302 g/mol. The van der Waals surface area contributed by atoms with Gasteiger partial charge in [0.25, 0.3) is 0 Å². The fourth-order valence-electron chi connectivity index (χ4n) is 2.40. The quantitative estimate of drug-likeness (QED) is 0.318. The lowest BCUT2D eigenvalue weighted by atomic mass is 10.00. The molecule has 0 atom stereocenters. The molecule has 3 N–H and O–H groups in total. The van der Waals surface area contributed by atoms with Gasteiger partial charge in [0.2, 0.25) is 0 Å². The van der Waals surface area contributed by atoms with Crippen LogP contribution in [0.5, 0.6) is 0 Å². The number of hydrogen-bond acceptors (Lipinski definition) is 3. The Bertz CT molecular complexity index is 264. The first-order valence-electron chi connectivity index (χ1n) is 8.16. The van der Waals surface area contributed by atoms with Gasteiger partial charge in [-0.2, -0.15) is 0 Å². The summed E-state index contributed by atoms with van der Waals surface area (Å²) in [6.45, 7) is 0.296. The van der Waals surface area contributed by atoms with Crippen LogP contribution in [-0.2, 0) is 9.59 Å². The van der Waals surface area contributed by atoms with E-state index in [1.807, 2.05) is 0 Å². The molecule has 0 fully saturated rings. The first kappa shape index (κ1) is 19.9. The molecule has 0 aliphatic carbocycles. The molecule has 5 nitrogen and oxygen atoms in total. The fraction of sp³-hybridized carbons (Fsp3) is 0.875.